The molecule has 0 bridgehead atoms. The van der Waals surface area contributed by atoms with E-state index in [1.54, 1.807) is 0 Å². The van der Waals surface area contributed by atoms with E-state index in [-0.39, 0.29) is 16.7 Å². The molecule has 0 aromatic heterocycles. The summed E-state index contributed by atoms with van der Waals surface area (Å²) in [7, 11) is -3.53. The zero-order valence-electron chi connectivity index (χ0n) is 6.62. The van der Waals surface area contributed by atoms with Crippen LogP contribution in [0, 0.1) is 0 Å². The Morgan fingerprint density at radius 2 is 1.54 bits per heavy atom. The molecular weight excluding hydrogens is 174 g/mol. The maximum absolute atomic E-state index is 9.10. The summed E-state index contributed by atoms with van der Waals surface area (Å²) in [6.07, 6.45) is 0. The Labute approximate surface area is 75.2 Å². The van der Waals surface area contributed by atoms with Crippen LogP contribution in [0.5, 0.6) is 5.75 Å². The third-order valence-corrected chi connectivity index (χ3v) is 1.63. The molecule has 5 nitrogen and oxygen atoms in total. The van der Waals surface area contributed by atoms with Crippen molar-refractivity contribution in [1.82, 2.24) is 0 Å². The van der Waals surface area contributed by atoms with Crippen molar-refractivity contribution >= 4 is 25.2 Å². The Hall–Kier alpha value is -1.01. The average molecular weight is 182 g/mol. The van der Waals surface area contributed by atoms with Gasteiger partial charge in [-0.05, 0) is 11.5 Å². The zero-order valence-corrected chi connectivity index (χ0v) is 6.62. The number of benzene rings is 1. The highest BCUT2D eigenvalue weighted by Gasteiger charge is 2.19. The first-order valence-electron chi connectivity index (χ1n) is 3.57. The monoisotopic (exact) mass is 182 g/mol. The molecule has 0 aliphatic carbocycles. The Morgan fingerprint density at radius 1 is 0.923 bits per heavy atom. The topological polar surface area (TPSA) is 101 Å². The van der Waals surface area contributed by atoms with E-state index >= 15 is 0 Å². The maximum atomic E-state index is 9.10. The lowest BCUT2D eigenvalue weighted by Gasteiger charge is -2.05. The minimum Gasteiger partial charge on any atom is -0.508 e. The summed E-state index contributed by atoms with van der Waals surface area (Å²) < 4.78 is 0. The Kier molecular flexibility index (Phi) is 2.94. The highest BCUT2D eigenvalue weighted by atomic mass is 16.4. The van der Waals surface area contributed by atoms with Crippen LogP contribution in [0.25, 0.3) is 0 Å². The summed E-state index contributed by atoms with van der Waals surface area (Å²) in [6.45, 7) is 0. The fourth-order valence-corrected chi connectivity index (χ4v) is 0.940. The summed E-state index contributed by atoms with van der Waals surface area (Å²) >= 11 is 0. The molecule has 68 valence electrons. The molecule has 0 spiro atoms. The van der Waals surface area contributed by atoms with Crippen LogP contribution in [0.1, 0.15) is 0 Å². The van der Waals surface area contributed by atoms with Gasteiger partial charge in [0.2, 0.25) is 0 Å². The van der Waals surface area contributed by atoms with Gasteiger partial charge in [-0.3, -0.25) is 0 Å². The van der Waals surface area contributed by atoms with Crippen LogP contribution in [-0.4, -0.2) is 39.4 Å². The van der Waals surface area contributed by atoms with Gasteiger partial charge in [-0.2, -0.15) is 0 Å². The third kappa shape index (κ3) is 2.22. The summed E-state index contributed by atoms with van der Waals surface area (Å²) in [5, 5.41) is 44.1. The van der Waals surface area contributed by atoms with E-state index in [0.717, 1.165) is 12.1 Å². The second kappa shape index (κ2) is 3.80. The molecule has 0 heterocycles. The number of phenols is 1. The van der Waals surface area contributed by atoms with Gasteiger partial charge in [-0.15, -0.1) is 0 Å². The Morgan fingerprint density at radius 3 is 2.00 bits per heavy atom. The summed E-state index contributed by atoms with van der Waals surface area (Å²) in [5.74, 6) is -0.306. The molecule has 0 fully saturated rings. The van der Waals surface area contributed by atoms with Gasteiger partial charge in [0.15, 0.2) is 0 Å². The molecule has 1 rings (SSSR count). The Bertz CT molecular complexity index is 301. The van der Waals surface area contributed by atoms with Crippen LogP contribution in [-0.2, 0) is 0 Å². The summed E-state index contributed by atoms with van der Waals surface area (Å²) in [4.78, 5) is 0. The largest absolute Gasteiger partial charge is 0.508 e. The average Bonchev–Trinajstić information content (AvgIpc) is 2.04. The molecule has 1 aromatic carbocycles. The van der Waals surface area contributed by atoms with Crippen molar-refractivity contribution in [3.63, 3.8) is 0 Å². The predicted molar refractivity (Wildman–Crippen MR) is 47.8 cm³/mol. The van der Waals surface area contributed by atoms with E-state index in [1.165, 1.54) is 6.07 Å². The fraction of sp³-hybridized carbons (Fsp3) is 0. The Balaban J connectivity index is 3.11. The molecule has 13 heavy (non-hydrogen) atoms. The standard InChI is InChI=1S/C6H8B2O5/c9-6-2-1-4(7(10)11)3-5(6)8(12)13/h1-3,9-13H. The molecule has 0 aliphatic rings. The van der Waals surface area contributed by atoms with Gasteiger partial charge in [0.1, 0.15) is 5.75 Å². The van der Waals surface area contributed by atoms with Crippen molar-refractivity contribution in [1.29, 1.82) is 0 Å². The molecular formula is C6H8B2O5. The maximum Gasteiger partial charge on any atom is 0.492 e. The quantitative estimate of drug-likeness (QED) is 0.309. The molecule has 1 aromatic rings. The minimum atomic E-state index is -1.83. The first kappa shape index (κ1) is 10.1. The number of hydrogen-bond acceptors (Lipinski definition) is 5. The fourth-order valence-electron chi connectivity index (χ4n) is 0.940. The second-order valence-corrected chi connectivity index (χ2v) is 2.57. The van der Waals surface area contributed by atoms with Gasteiger partial charge in [0.25, 0.3) is 0 Å². The number of rotatable bonds is 2. The summed E-state index contributed by atoms with van der Waals surface area (Å²) in [6, 6.07) is 3.53. The van der Waals surface area contributed by atoms with E-state index in [1.807, 2.05) is 0 Å². The van der Waals surface area contributed by atoms with Crippen LogP contribution in [0.4, 0.5) is 0 Å². The lowest BCUT2D eigenvalue weighted by Crippen LogP contribution is -2.37. The summed E-state index contributed by atoms with van der Waals surface area (Å²) in [5.41, 5.74) is -0.0773. The smallest absolute Gasteiger partial charge is 0.492 e. The number of phenolic OH excluding ortho intramolecular Hbond substituents is 1. The molecule has 0 atom stereocenters. The SMILES string of the molecule is OB(O)c1ccc(O)c(B(O)O)c1. The van der Waals surface area contributed by atoms with E-state index in [4.69, 9.17) is 25.2 Å². The lowest BCUT2D eigenvalue weighted by molar-refractivity contribution is 0.419. The highest BCUT2D eigenvalue weighted by molar-refractivity contribution is 6.63. The minimum absolute atomic E-state index is 0.0842. The van der Waals surface area contributed by atoms with Crippen molar-refractivity contribution in [3.05, 3.63) is 18.2 Å². The van der Waals surface area contributed by atoms with Gasteiger partial charge in [-0.25, -0.2) is 0 Å². The van der Waals surface area contributed by atoms with Crippen LogP contribution >= 0.6 is 0 Å². The lowest BCUT2D eigenvalue weighted by atomic mass is 9.72. The van der Waals surface area contributed by atoms with Crippen molar-refractivity contribution < 1.29 is 25.2 Å². The van der Waals surface area contributed by atoms with Gasteiger partial charge in [-0.1, -0.05) is 12.1 Å². The van der Waals surface area contributed by atoms with Gasteiger partial charge in [0.05, 0.1) is 0 Å². The molecule has 0 saturated carbocycles. The van der Waals surface area contributed by atoms with E-state index in [0.29, 0.717) is 0 Å². The van der Waals surface area contributed by atoms with E-state index < -0.39 is 14.2 Å². The second-order valence-electron chi connectivity index (χ2n) is 2.57. The molecule has 0 radical (unpaired) electrons. The predicted octanol–water partition coefficient (Wildman–Crippen LogP) is -3.25. The first-order valence-corrected chi connectivity index (χ1v) is 3.57. The van der Waals surface area contributed by atoms with Crippen LogP contribution < -0.4 is 10.9 Å². The molecule has 0 amide bonds. The zero-order chi connectivity index (χ0) is 10.0. The van der Waals surface area contributed by atoms with E-state index in [2.05, 4.69) is 0 Å². The van der Waals surface area contributed by atoms with Gasteiger partial charge >= 0.3 is 14.2 Å². The third-order valence-electron chi connectivity index (χ3n) is 1.63. The number of aromatic hydroxyl groups is 1. The van der Waals surface area contributed by atoms with E-state index in [9.17, 15) is 0 Å². The highest BCUT2D eigenvalue weighted by Crippen LogP contribution is 2.02. The molecule has 0 aliphatic heterocycles. The van der Waals surface area contributed by atoms with Crippen LogP contribution in [0.15, 0.2) is 18.2 Å². The van der Waals surface area contributed by atoms with Crippen LogP contribution in [0.3, 0.4) is 0 Å². The van der Waals surface area contributed by atoms with Crippen molar-refractivity contribution in [2.75, 3.05) is 0 Å². The molecule has 0 unspecified atom stereocenters. The van der Waals surface area contributed by atoms with Crippen molar-refractivity contribution in [2.45, 2.75) is 0 Å². The van der Waals surface area contributed by atoms with Crippen molar-refractivity contribution in [3.8, 4) is 5.75 Å². The van der Waals surface area contributed by atoms with Crippen LogP contribution in [0.2, 0.25) is 0 Å². The molecule has 7 heteroatoms. The number of hydrogen-bond donors (Lipinski definition) is 5. The molecule has 5 N–H and O–H groups in total. The normalized spacial score (nSPS) is 9.85. The van der Waals surface area contributed by atoms with Gasteiger partial charge < -0.3 is 25.2 Å². The first-order chi connectivity index (χ1) is 6.02. The van der Waals surface area contributed by atoms with Crippen molar-refractivity contribution in [2.24, 2.45) is 0 Å². The molecule has 0 saturated heterocycles. The van der Waals surface area contributed by atoms with Gasteiger partial charge in [0, 0.05) is 5.46 Å².